The Morgan fingerprint density at radius 3 is 2.17 bits per heavy atom. The van der Waals surface area contributed by atoms with Gasteiger partial charge in [0.05, 0.1) is 12.8 Å². The molecule has 0 bridgehead atoms. The Morgan fingerprint density at radius 2 is 1.57 bits per heavy atom. The van der Waals surface area contributed by atoms with Gasteiger partial charge in [-0.05, 0) is 47.5 Å². The molecule has 1 aromatic heterocycles. The molecule has 0 fully saturated rings. The quantitative estimate of drug-likeness (QED) is 0.333. The Balaban J connectivity index is 1.76. The van der Waals surface area contributed by atoms with E-state index in [0.29, 0.717) is 11.3 Å². The minimum atomic E-state index is -4.84. The van der Waals surface area contributed by atoms with Crippen LogP contribution in [0.1, 0.15) is 11.3 Å². The van der Waals surface area contributed by atoms with Gasteiger partial charge in [0.25, 0.3) is 0 Å². The van der Waals surface area contributed by atoms with E-state index in [9.17, 15) is 22.7 Å². The van der Waals surface area contributed by atoms with Crippen molar-refractivity contribution in [1.29, 1.82) is 0 Å². The Morgan fingerprint density at radius 1 is 0.914 bits per heavy atom. The summed E-state index contributed by atoms with van der Waals surface area (Å²) in [5.41, 5.74) is 4.69. The van der Waals surface area contributed by atoms with Crippen LogP contribution in [0.2, 0.25) is 0 Å². The Bertz CT molecular complexity index is 1340. The monoisotopic (exact) mass is 485 g/mol. The Kier molecular flexibility index (Phi) is 6.46. The zero-order valence-corrected chi connectivity index (χ0v) is 18.3. The molecule has 0 aliphatic carbocycles. The first-order valence-corrected chi connectivity index (χ1v) is 10.3. The minimum Gasteiger partial charge on any atom is -0.507 e. The lowest BCUT2D eigenvalue weighted by atomic mass is 9.96. The number of alkyl halides is 3. The van der Waals surface area contributed by atoms with E-state index in [1.165, 1.54) is 61.7 Å². The van der Waals surface area contributed by atoms with E-state index in [0.717, 1.165) is 0 Å². The van der Waals surface area contributed by atoms with E-state index in [1.54, 1.807) is 12.1 Å². The SMILES string of the molecule is COc1ccc(-c2c(-c3ccc(OCc4ccc(F)cc4)cc3O)nc(N)nc2C(F)(F)F)cc1. The van der Waals surface area contributed by atoms with Gasteiger partial charge >= 0.3 is 6.18 Å². The molecular weight excluding hydrogens is 466 g/mol. The number of nitrogen functional groups attached to an aromatic ring is 1. The fraction of sp³-hybridized carbons (Fsp3) is 0.120. The van der Waals surface area contributed by atoms with Crippen LogP contribution in [0.4, 0.5) is 23.5 Å². The molecule has 0 aliphatic heterocycles. The van der Waals surface area contributed by atoms with Crippen LogP contribution in [0.15, 0.2) is 66.7 Å². The number of phenols is 1. The topological polar surface area (TPSA) is 90.5 Å². The minimum absolute atomic E-state index is 0.00421. The predicted molar refractivity (Wildman–Crippen MR) is 121 cm³/mol. The number of hydrogen-bond acceptors (Lipinski definition) is 6. The molecule has 0 radical (unpaired) electrons. The molecule has 0 saturated carbocycles. The van der Waals surface area contributed by atoms with Crippen molar-refractivity contribution in [3.63, 3.8) is 0 Å². The smallest absolute Gasteiger partial charge is 0.434 e. The molecule has 3 aromatic carbocycles. The maximum Gasteiger partial charge on any atom is 0.434 e. The number of hydrogen-bond donors (Lipinski definition) is 2. The van der Waals surface area contributed by atoms with Gasteiger partial charge in [0.2, 0.25) is 5.95 Å². The number of nitrogens with two attached hydrogens (primary N) is 1. The first kappa shape index (κ1) is 23.8. The molecule has 0 atom stereocenters. The third-order valence-corrected chi connectivity index (χ3v) is 5.12. The van der Waals surface area contributed by atoms with Crippen molar-refractivity contribution >= 4 is 5.95 Å². The number of aromatic hydroxyl groups is 1. The van der Waals surface area contributed by atoms with Crippen LogP contribution in [0, 0.1) is 5.82 Å². The van der Waals surface area contributed by atoms with Crippen LogP contribution in [-0.2, 0) is 12.8 Å². The van der Waals surface area contributed by atoms with Crippen LogP contribution in [0.5, 0.6) is 17.2 Å². The van der Waals surface area contributed by atoms with Gasteiger partial charge in [0, 0.05) is 17.2 Å². The number of anilines is 1. The lowest BCUT2D eigenvalue weighted by Crippen LogP contribution is -2.14. The first-order valence-electron chi connectivity index (χ1n) is 10.3. The third-order valence-electron chi connectivity index (χ3n) is 5.12. The van der Waals surface area contributed by atoms with Crippen LogP contribution < -0.4 is 15.2 Å². The van der Waals surface area contributed by atoms with Crippen molar-refractivity contribution in [2.75, 3.05) is 12.8 Å². The van der Waals surface area contributed by atoms with Gasteiger partial charge in [-0.3, -0.25) is 0 Å². The van der Waals surface area contributed by atoms with Gasteiger partial charge in [-0.1, -0.05) is 24.3 Å². The molecule has 0 spiro atoms. The van der Waals surface area contributed by atoms with Crippen molar-refractivity contribution in [1.82, 2.24) is 9.97 Å². The van der Waals surface area contributed by atoms with Crippen molar-refractivity contribution < 1.29 is 32.1 Å². The highest BCUT2D eigenvalue weighted by Gasteiger charge is 2.38. The summed E-state index contributed by atoms with van der Waals surface area (Å²) >= 11 is 0. The van der Waals surface area contributed by atoms with Crippen LogP contribution in [0.3, 0.4) is 0 Å². The van der Waals surface area contributed by atoms with Crippen LogP contribution in [0.25, 0.3) is 22.4 Å². The number of rotatable bonds is 6. The summed E-state index contributed by atoms with van der Waals surface area (Å²) in [4.78, 5) is 7.47. The van der Waals surface area contributed by atoms with Crippen molar-refractivity contribution in [3.05, 3.63) is 83.8 Å². The first-order chi connectivity index (χ1) is 16.7. The van der Waals surface area contributed by atoms with Crippen molar-refractivity contribution in [2.45, 2.75) is 12.8 Å². The van der Waals surface area contributed by atoms with E-state index in [4.69, 9.17) is 15.2 Å². The number of methoxy groups -OCH3 is 1. The summed E-state index contributed by atoms with van der Waals surface area (Å²) in [6.07, 6.45) is -4.84. The number of aromatic nitrogens is 2. The molecule has 4 aromatic rings. The molecule has 180 valence electrons. The highest BCUT2D eigenvalue weighted by molar-refractivity contribution is 5.86. The standard InChI is InChI=1S/C25H19F4N3O3/c1-34-17-8-4-15(5-9-17)21-22(31-24(30)32-23(21)25(27,28)29)19-11-10-18(12-20(19)33)35-13-14-2-6-16(26)7-3-14/h2-12,33H,13H2,1H3,(H2,30,31,32). The zero-order chi connectivity index (χ0) is 25.2. The van der Waals surface area contributed by atoms with Gasteiger partial charge in [-0.25, -0.2) is 14.4 Å². The summed E-state index contributed by atoms with van der Waals surface area (Å²) in [5, 5.41) is 10.7. The van der Waals surface area contributed by atoms with Crippen LogP contribution in [-0.4, -0.2) is 22.2 Å². The summed E-state index contributed by atoms with van der Waals surface area (Å²) in [7, 11) is 1.44. The van der Waals surface area contributed by atoms with Gasteiger partial charge in [0.15, 0.2) is 5.69 Å². The third kappa shape index (κ3) is 5.26. The zero-order valence-electron chi connectivity index (χ0n) is 18.3. The van der Waals surface area contributed by atoms with Gasteiger partial charge in [-0.2, -0.15) is 13.2 Å². The number of benzene rings is 3. The molecule has 0 aliphatic rings. The largest absolute Gasteiger partial charge is 0.507 e. The molecule has 3 N–H and O–H groups in total. The second kappa shape index (κ2) is 9.49. The number of phenolic OH excluding ortho intramolecular Hbond substituents is 1. The van der Waals surface area contributed by atoms with E-state index in [-0.39, 0.29) is 46.3 Å². The highest BCUT2D eigenvalue weighted by Crippen LogP contribution is 2.44. The second-order valence-electron chi connectivity index (χ2n) is 7.47. The van der Waals surface area contributed by atoms with Gasteiger partial charge < -0.3 is 20.3 Å². The molecule has 0 amide bonds. The maximum atomic E-state index is 13.9. The average Bonchev–Trinajstić information content (AvgIpc) is 2.83. The molecule has 0 unspecified atom stereocenters. The summed E-state index contributed by atoms with van der Waals surface area (Å²) in [6.45, 7) is 0.0921. The highest BCUT2D eigenvalue weighted by atomic mass is 19.4. The molecule has 6 nitrogen and oxygen atoms in total. The number of nitrogens with zero attached hydrogens (tertiary/aromatic N) is 2. The molecule has 4 rings (SSSR count). The van der Waals surface area contributed by atoms with E-state index < -0.39 is 17.8 Å². The average molecular weight is 485 g/mol. The maximum absolute atomic E-state index is 13.9. The van der Waals surface area contributed by atoms with Crippen LogP contribution >= 0.6 is 0 Å². The Labute approximate surface area is 197 Å². The van der Waals surface area contributed by atoms with Gasteiger partial charge in [0.1, 0.15) is 29.7 Å². The Hall–Kier alpha value is -4.34. The van der Waals surface area contributed by atoms with Crippen molar-refractivity contribution in [3.8, 4) is 39.6 Å². The number of ether oxygens (including phenoxy) is 2. The van der Waals surface area contributed by atoms with E-state index in [1.807, 2.05) is 0 Å². The molecule has 1 heterocycles. The van der Waals surface area contributed by atoms with E-state index in [2.05, 4.69) is 9.97 Å². The number of halogens is 4. The van der Waals surface area contributed by atoms with Gasteiger partial charge in [-0.15, -0.1) is 0 Å². The van der Waals surface area contributed by atoms with Crippen molar-refractivity contribution in [2.24, 2.45) is 0 Å². The summed E-state index contributed by atoms with van der Waals surface area (Å²) in [6, 6.07) is 15.7. The van der Waals surface area contributed by atoms with E-state index >= 15 is 0 Å². The fourth-order valence-corrected chi connectivity index (χ4v) is 3.46. The second-order valence-corrected chi connectivity index (χ2v) is 7.47. The summed E-state index contributed by atoms with van der Waals surface area (Å²) in [5.74, 6) is -0.653. The molecule has 35 heavy (non-hydrogen) atoms. The fourth-order valence-electron chi connectivity index (χ4n) is 3.46. The normalized spacial score (nSPS) is 11.3. The molecular formula is C25H19F4N3O3. The lowest BCUT2D eigenvalue weighted by molar-refractivity contribution is -0.140. The summed E-state index contributed by atoms with van der Waals surface area (Å²) < 4.78 is 65.5. The molecule has 0 saturated heterocycles. The lowest BCUT2D eigenvalue weighted by Gasteiger charge is -2.18. The molecule has 10 heteroatoms. The predicted octanol–water partition coefficient (Wildman–Crippen LogP) is 5.84.